The van der Waals surface area contributed by atoms with E-state index >= 15 is 0 Å². The Balaban J connectivity index is 2.21. The molecule has 4 nitrogen and oxygen atoms in total. The van der Waals surface area contributed by atoms with E-state index < -0.39 is 0 Å². The molecule has 0 fully saturated rings. The monoisotopic (exact) mass is 273 g/mol. The fourth-order valence-corrected chi connectivity index (χ4v) is 1.78. The Kier molecular flexibility index (Phi) is 4.06. The molecule has 1 atom stereocenters. The van der Waals surface area contributed by atoms with Gasteiger partial charge in [0.2, 0.25) is 0 Å². The van der Waals surface area contributed by atoms with Gasteiger partial charge in [0.1, 0.15) is 16.8 Å². The predicted molar refractivity (Wildman–Crippen MR) is 78.1 cm³/mol. The minimum absolute atomic E-state index is 0.137. The lowest BCUT2D eigenvalue weighted by molar-refractivity contribution is 0.206. The summed E-state index contributed by atoms with van der Waals surface area (Å²) < 4.78 is 5.73. The number of rotatable bonds is 4. The molecule has 0 aliphatic rings. The maximum atomic E-state index is 5.73. The number of aryl methyl sites for hydroxylation is 1. The van der Waals surface area contributed by atoms with Crippen molar-refractivity contribution in [3.63, 3.8) is 0 Å². The third kappa shape index (κ3) is 3.48. The van der Waals surface area contributed by atoms with Gasteiger partial charge in [-0.05, 0) is 25.5 Å². The minimum Gasteiger partial charge on any atom is -0.456 e. The van der Waals surface area contributed by atoms with Crippen LogP contribution in [0.5, 0.6) is 6.01 Å². The van der Waals surface area contributed by atoms with E-state index in [1.165, 1.54) is 0 Å². The van der Waals surface area contributed by atoms with Crippen molar-refractivity contribution < 1.29 is 4.74 Å². The highest BCUT2D eigenvalue weighted by atomic mass is 32.1. The van der Waals surface area contributed by atoms with E-state index in [0.717, 1.165) is 11.3 Å². The topological polar surface area (TPSA) is 61.0 Å². The van der Waals surface area contributed by atoms with Crippen molar-refractivity contribution in [2.45, 2.75) is 20.0 Å². The van der Waals surface area contributed by atoms with Gasteiger partial charge in [-0.15, -0.1) is 0 Å². The van der Waals surface area contributed by atoms with Crippen LogP contribution in [-0.2, 0) is 0 Å². The highest BCUT2D eigenvalue weighted by Crippen LogP contribution is 2.18. The molecule has 98 valence electrons. The van der Waals surface area contributed by atoms with Crippen molar-refractivity contribution in [1.82, 2.24) is 9.97 Å². The quantitative estimate of drug-likeness (QED) is 0.867. The van der Waals surface area contributed by atoms with E-state index in [1.807, 2.05) is 44.2 Å². The van der Waals surface area contributed by atoms with Crippen molar-refractivity contribution in [2.75, 3.05) is 0 Å². The normalized spacial score (nSPS) is 11.9. The average molecular weight is 273 g/mol. The van der Waals surface area contributed by atoms with Crippen LogP contribution < -0.4 is 10.5 Å². The Bertz CT molecular complexity index is 586. The summed E-state index contributed by atoms with van der Waals surface area (Å²) in [6.07, 6.45) is -0.137. The molecule has 0 amide bonds. The molecular weight excluding hydrogens is 258 g/mol. The number of hydrogen-bond acceptors (Lipinski definition) is 4. The summed E-state index contributed by atoms with van der Waals surface area (Å²) in [6.45, 7) is 3.80. The first kappa shape index (κ1) is 13.4. The van der Waals surface area contributed by atoms with Gasteiger partial charge in [0, 0.05) is 5.69 Å². The largest absolute Gasteiger partial charge is 0.456 e. The van der Waals surface area contributed by atoms with Crippen molar-refractivity contribution in [3.8, 4) is 6.01 Å². The molecule has 5 heteroatoms. The molecule has 19 heavy (non-hydrogen) atoms. The molecule has 2 N–H and O–H groups in total. The molecule has 0 spiro atoms. The second-order valence-corrected chi connectivity index (χ2v) is 4.65. The molecule has 2 aromatic rings. The van der Waals surface area contributed by atoms with Crippen molar-refractivity contribution in [2.24, 2.45) is 5.73 Å². The van der Waals surface area contributed by atoms with E-state index in [9.17, 15) is 0 Å². The SMILES string of the molecule is Cc1cc(C(N)=S)nc(OC(C)c2ccccc2)n1. The summed E-state index contributed by atoms with van der Waals surface area (Å²) in [4.78, 5) is 8.67. The Labute approximate surface area is 117 Å². The van der Waals surface area contributed by atoms with Crippen LogP contribution in [0, 0.1) is 6.92 Å². The summed E-state index contributed by atoms with van der Waals surface area (Å²) in [5, 5.41) is 0. The minimum atomic E-state index is -0.137. The molecule has 1 heterocycles. The number of aromatic nitrogens is 2. The van der Waals surface area contributed by atoms with E-state index in [-0.39, 0.29) is 11.1 Å². The zero-order valence-electron chi connectivity index (χ0n) is 10.8. The summed E-state index contributed by atoms with van der Waals surface area (Å²) in [5.41, 5.74) is 7.94. The van der Waals surface area contributed by atoms with Crippen molar-refractivity contribution >= 4 is 17.2 Å². The maximum absolute atomic E-state index is 5.73. The molecule has 2 rings (SSSR count). The number of hydrogen-bond donors (Lipinski definition) is 1. The van der Waals surface area contributed by atoms with Gasteiger partial charge < -0.3 is 10.5 Å². The van der Waals surface area contributed by atoms with Gasteiger partial charge in [0.25, 0.3) is 0 Å². The van der Waals surface area contributed by atoms with Crippen LogP contribution in [0.25, 0.3) is 0 Å². The van der Waals surface area contributed by atoms with E-state index in [1.54, 1.807) is 6.07 Å². The van der Waals surface area contributed by atoms with Crippen LogP contribution in [0.1, 0.15) is 30.0 Å². The molecule has 0 saturated heterocycles. The van der Waals surface area contributed by atoms with Crippen LogP contribution in [0.15, 0.2) is 36.4 Å². The molecule has 1 aromatic heterocycles. The van der Waals surface area contributed by atoms with Crippen molar-refractivity contribution in [1.29, 1.82) is 0 Å². The van der Waals surface area contributed by atoms with Crippen LogP contribution in [0.3, 0.4) is 0 Å². The van der Waals surface area contributed by atoms with Gasteiger partial charge >= 0.3 is 6.01 Å². The summed E-state index contributed by atoms with van der Waals surface area (Å²) >= 11 is 4.92. The fourth-order valence-electron chi connectivity index (χ4n) is 1.67. The zero-order valence-corrected chi connectivity index (χ0v) is 11.6. The van der Waals surface area contributed by atoms with Crippen LogP contribution in [-0.4, -0.2) is 15.0 Å². The molecule has 1 aromatic carbocycles. The van der Waals surface area contributed by atoms with Gasteiger partial charge in [-0.2, -0.15) is 4.98 Å². The smallest absolute Gasteiger partial charge is 0.317 e. The molecule has 0 bridgehead atoms. The van der Waals surface area contributed by atoms with E-state index in [0.29, 0.717) is 11.7 Å². The standard InChI is InChI=1S/C14H15N3OS/c1-9-8-12(13(15)19)17-14(16-9)18-10(2)11-6-4-3-5-7-11/h3-8,10H,1-2H3,(H2,15,19). The molecule has 1 unspecified atom stereocenters. The Morgan fingerprint density at radius 3 is 2.58 bits per heavy atom. The second-order valence-electron chi connectivity index (χ2n) is 4.21. The van der Waals surface area contributed by atoms with Gasteiger partial charge in [-0.25, -0.2) is 4.98 Å². The molecule has 0 aliphatic heterocycles. The first-order valence-electron chi connectivity index (χ1n) is 5.93. The van der Waals surface area contributed by atoms with Gasteiger partial charge in [-0.3, -0.25) is 0 Å². The number of ether oxygens (including phenoxy) is 1. The van der Waals surface area contributed by atoms with Gasteiger partial charge in [-0.1, -0.05) is 42.5 Å². The van der Waals surface area contributed by atoms with Crippen LogP contribution in [0.4, 0.5) is 0 Å². The number of nitrogens with zero attached hydrogens (tertiary/aromatic N) is 2. The lowest BCUT2D eigenvalue weighted by Crippen LogP contribution is -2.14. The van der Waals surface area contributed by atoms with Crippen molar-refractivity contribution in [3.05, 3.63) is 53.3 Å². The second kappa shape index (κ2) is 5.75. The number of thiocarbonyl (C=S) groups is 1. The van der Waals surface area contributed by atoms with Gasteiger partial charge in [0.15, 0.2) is 0 Å². The molecular formula is C14H15N3OS. The lowest BCUT2D eigenvalue weighted by atomic mass is 10.1. The number of nitrogens with two attached hydrogens (primary N) is 1. The molecule has 0 aliphatic carbocycles. The highest BCUT2D eigenvalue weighted by Gasteiger charge is 2.11. The third-order valence-electron chi connectivity index (χ3n) is 2.64. The average Bonchev–Trinajstić information content (AvgIpc) is 2.39. The fraction of sp³-hybridized carbons (Fsp3) is 0.214. The molecule has 0 radical (unpaired) electrons. The first-order chi connectivity index (χ1) is 9.06. The molecule has 0 saturated carbocycles. The lowest BCUT2D eigenvalue weighted by Gasteiger charge is -2.14. The van der Waals surface area contributed by atoms with Crippen LogP contribution >= 0.6 is 12.2 Å². The third-order valence-corrected chi connectivity index (χ3v) is 2.85. The zero-order chi connectivity index (χ0) is 13.8. The Morgan fingerprint density at radius 1 is 1.26 bits per heavy atom. The van der Waals surface area contributed by atoms with E-state index in [4.69, 9.17) is 22.7 Å². The first-order valence-corrected chi connectivity index (χ1v) is 6.34. The summed E-state index contributed by atoms with van der Waals surface area (Å²) in [5.74, 6) is 0. The number of benzene rings is 1. The van der Waals surface area contributed by atoms with Crippen LogP contribution in [0.2, 0.25) is 0 Å². The summed E-state index contributed by atoms with van der Waals surface area (Å²) in [6, 6.07) is 11.9. The van der Waals surface area contributed by atoms with Gasteiger partial charge in [0.05, 0.1) is 0 Å². The predicted octanol–water partition coefficient (Wildman–Crippen LogP) is 2.56. The van der Waals surface area contributed by atoms with E-state index in [2.05, 4.69) is 9.97 Å². The highest BCUT2D eigenvalue weighted by molar-refractivity contribution is 7.80. The maximum Gasteiger partial charge on any atom is 0.317 e. The summed E-state index contributed by atoms with van der Waals surface area (Å²) in [7, 11) is 0. The Morgan fingerprint density at radius 2 is 1.95 bits per heavy atom. The Hall–Kier alpha value is -2.01.